The minimum atomic E-state index is -0.331. The Labute approximate surface area is 205 Å². The van der Waals surface area contributed by atoms with Crippen LogP contribution in [0.4, 0.5) is 11.6 Å². The lowest BCUT2D eigenvalue weighted by molar-refractivity contribution is 0.0320. The summed E-state index contributed by atoms with van der Waals surface area (Å²) in [5.41, 5.74) is 1.90. The zero-order valence-corrected chi connectivity index (χ0v) is 20.0. The fraction of sp³-hybridized carbons (Fsp3) is 0.500. The zero-order chi connectivity index (χ0) is 24.3. The lowest BCUT2D eigenvalue weighted by Gasteiger charge is -2.27. The van der Waals surface area contributed by atoms with Crippen molar-refractivity contribution in [3.05, 3.63) is 41.6 Å². The summed E-state index contributed by atoms with van der Waals surface area (Å²) in [5, 5.41) is 6.69. The van der Waals surface area contributed by atoms with Crippen molar-refractivity contribution < 1.29 is 23.8 Å². The minimum absolute atomic E-state index is 0.245. The molecule has 2 fully saturated rings. The van der Waals surface area contributed by atoms with Crippen LogP contribution in [0.3, 0.4) is 0 Å². The number of aromatic nitrogens is 2. The number of anilines is 2. The van der Waals surface area contributed by atoms with Crippen LogP contribution in [0.2, 0.25) is 0 Å². The highest BCUT2D eigenvalue weighted by Crippen LogP contribution is 2.19. The highest BCUT2D eigenvalue weighted by atomic mass is 16.6. The number of rotatable bonds is 10. The van der Waals surface area contributed by atoms with Crippen molar-refractivity contribution in [1.82, 2.24) is 14.9 Å². The van der Waals surface area contributed by atoms with E-state index in [1.165, 1.54) is 7.11 Å². The molecule has 1 aromatic carbocycles. The first-order valence-electron chi connectivity index (χ1n) is 11.8. The molecule has 0 atom stereocenters. The van der Waals surface area contributed by atoms with Crippen LogP contribution in [0.15, 0.2) is 35.5 Å². The molecule has 2 aromatic rings. The summed E-state index contributed by atoms with van der Waals surface area (Å²) in [6, 6.07) is 9.15. The summed E-state index contributed by atoms with van der Waals surface area (Å²) < 4.78 is 16.8. The van der Waals surface area contributed by atoms with E-state index in [1.54, 1.807) is 12.3 Å². The van der Waals surface area contributed by atoms with Crippen molar-refractivity contribution in [2.24, 2.45) is 5.16 Å². The molecule has 0 bridgehead atoms. The number of carbonyl (C=O) groups excluding carboxylic acids is 1. The Hall–Kier alpha value is -3.28. The van der Waals surface area contributed by atoms with E-state index in [4.69, 9.17) is 19.0 Å². The van der Waals surface area contributed by atoms with E-state index in [1.807, 2.05) is 29.2 Å². The quantitative estimate of drug-likeness (QED) is 0.396. The normalized spacial score (nSPS) is 16.9. The standard InChI is InChI=1S/C24H32N6O5/c1-32-25-6-5-19-3-2-4-20(17-19)26-23(31)21-18-22(35-16-9-29-7-12-33-13-8-29)28-24(27-21)30-10-14-34-15-11-30/h2-4,6,17-18H,5,7-16H2,1H3,(H,26,31)/b25-6+. The van der Waals surface area contributed by atoms with Gasteiger partial charge in [0.1, 0.15) is 19.4 Å². The average Bonchev–Trinajstić information content (AvgIpc) is 2.90. The molecule has 4 rings (SSSR count). The van der Waals surface area contributed by atoms with E-state index in [0.717, 1.165) is 38.4 Å². The number of hydrogen-bond donors (Lipinski definition) is 1. The van der Waals surface area contributed by atoms with E-state index in [-0.39, 0.29) is 11.6 Å². The summed E-state index contributed by atoms with van der Waals surface area (Å²) in [6.07, 6.45) is 2.26. The van der Waals surface area contributed by atoms with Gasteiger partial charge in [-0.3, -0.25) is 9.69 Å². The van der Waals surface area contributed by atoms with Crippen molar-refractivity contribution in [3.8, 4) is 5.88 Å². The Kier molecular flexibility index (Phi) is 9.21. The van der Waals surface area contributed by atoms with Gasteiger partial charge in [-0.1, -0.05) is 17.3 Å². The van der Waals surface area contributed by atoms with Crippen molar-refractivity contribution in [3.63, 3.8) is 0 Å². The lowest BCUT2D eigenvalue weighted by Crippen LogP contribution is -2.39. The third kappa shape index (κ3) is 7.61. The molecule has 2 saturated heterocycles. The molecule has 1 N–H and O–H groups in total. The van der Waals surface area contributed by atoms with Gasteiger partial charge in [-0.15, -0.1) is 0 Å². The maximum Gasteiger partial charge on any atom is 0.274 e. The summed E-state index contributed by atoms with van der Waals surface area (Å²) in [6.45, 7) is 6.96. The molecule has 2 aliphatic heterocycles. The Morgan fingerprint density at radius 3 is 2.66 bits per heavy atom. The molecule has 1 amide bonds. The highest BCUT2D eigenvalue weighted by Gasteiger charge is 2.19. The van der Waals surface area contributed by atoms with E-state index in [0.29, 0.717) is 56.8 Å². The number of ether oxygens (including phenoxy) is 3. The fourth-order valence-electron chi connectivity index (χ4n) is 3.80. The number of hydrogen-bond acceptors (Lipinski definition) is 10. The maximum absolute atomic E-state index is 13.1. The molecular formula is C24H32N6O5. The Bertz CT molecular complexity index is 992. The smallest absolute Gasteiger partial charge is 0.274 e. The Morgan fingerprint density at radius 1 is 1.11 bits per heavy atom. The first kappa shape index (κ1) is 24.8. The largest absolute Gasteiger partial charge is 0.476 e. The average molecular weight is 485 g/mol. The molecule has 1 aromatic heterocycles. The molecule has 11 nitrogen and oxygen atoms in total. The fourth-order valence-corrected chi connectivity index (χ4v) is 3.80. The summed E-state index contributed by atoms with van der Waals surface area (Å²) >= 11 is 0. The molecule has 0 unspecified atom stereocenters. The van der Waals surface area contributed by atoms with E-state index in [2.05, 4.69) is 25.3 Å². The number of oxime groups is 1. The van der Waals surface area contributed by atoms with Crippen LogP contribution < -0.4 is 15.0 Å². The predicted octanol–water partition coefficient (Wildman–Crippen LogP) is 1.45. The molecule has 2 aliphatic rings. The number of carbonyl (C=O) groups is 1. The molecule has 188 valence electrons. The molecule has 11 heteroatoms. The van der Waals surface area contributed by atoms with Crippen LogP contribution in [-0.4, -0.2) is 99.9 Å². The van der Waals surface area contributed by atoms with Gasteiger partial charge in [-0.2, -0.15) is 4.98 Å². The van der Waals surface area contributed by atoms with Gasteiger partial charge in [0.05, 0.1) is 26.4 Å². The molecule has 0 radical (unpaired) electrons. The second-order valence-electron chi connectivity index (χ2n) is 8.12. The number of amides is 1. The monoisotopic (exact) mass is 484 g/mol. The number of benzene rings is 1. The molecule has 35 heavy (non-hydrogen) atoms. The second kappa shape index (κ2) is 13.0. The Balaban J connectivity index is 1.46. The first-order chi connectivity index (χ1) is 17.2. The molecule has 0 saturated carbocycles. The predicted molar refractivity (Wildman–Crippen MR) is 131 cm³/mol. The van der Waals surface area contributed by atoms with Gasteiger partial charge >= 0.3 is 0 Å². The molecule has 0 spiro atoms. The van der Waals surface area contributed by atoms with Crippen molar-refractivity contribution >= 4 is 23.8 Å². The van der Waals surface area contributed by atoms with Crippen LogP contribution in [0, 0.1) is 0 Å². The van der Waals surface area contributed by atoms with Crippen molar-refractivity contribution in [2.75, 3.05) is 83.1 Å². The van der Waals surface area contributed by atoms with Crippen LogP contribution in [0.25, 0.3) is 0 Å². The number of nitrogens with zero attached hydrogens (tertiary/aromatic N) is 5. The Morgan fingerprint density at radius 2 is 1.89 bits per heavy atom. The number of nitrogens with one attached hydrogen (secondary N) is 1. The maximum atomic E-state index is 13.1. The van der Waals surface area contributed by atoms with Gasteiger partial charge in [0.15, 0.2) is 0 Å². The van der Waals surface area contributed by atoms with E-state index >= 15 is 0 Å². The van der Waals surface area contributed by atoms with Gasteiger partial charge in [0.2, 0.25) is 11.8 Å². The lowest BCUT2D eigenvalue weighted by atomic mass is 10.1. The summed E-state index contributed by atoms with van der Waals surface area (Å²) in [5.74, 6) is 0.513. The van der Waals surface area contributed by atoms with E-state index in [9.17, 15) is 4.79 Å². The zero-order valence-electron chi connectivity index (χ0n) is 20.0. The van der Waals surface area contributed by atoms with Gasteiger partial charge < -0.3 is 29.3 Å². The molecule has 0 aliphatic carbocycles. The minimum Gasteiger partial charge on any atom is -0.476 e. The van der Waals surface area contributed by atoms with Crippen molar-refractivity contribution in [2.45, 2.75) is 6.42 Å². The van der Waals surface area contributed by atoms with Gasteiger partial charge in [0.25, 0.3) is 5.91 Å². The van der Waals surface area contributed by atoms with Crippen LogP contribution >= 0.6 is 0 Å². The SMILES string of the molecule is CO/N=C/Cc1cccc(NC(=O)c2cc(OCCN3CCOCC3)nc(N3CCOCC3)n2)c1. The molecule has 3 heterocycles. The van der Waals surface area contributed by atoms with Gasteiger partial charge in [-0.25, -0.2) is 4.98 Å². The number of morpholine rings is 2. The highest BCUT2D eigenvalue weighted by molar-refractivity contribution is 6.03. The van der Waals surface area contributed by atoms with Crippen LogP contribution in [0.1, 0.15) is 16.1 Å². The first-order valence-corrected chi connectivity index (χ1v) is 11.8. The third-order valence-corrected chi connectivity index (χ3v) is 5.67. The van der Waals surface area contributed by atoms with E-state index < -0.39 is 0 Å². The summed E-state index contributed by atoms with van der Waals surface area (Å²) in [7, 11) is 1.50. The van der Waals surface area contributed by atoms with Gasteiger partial charge in [0, 0.05) is 57.1 Å². The third-order valence-electron chi connectivity index (χ3n) is 5.67. The topological polar surface area (TPSA) is 111 Å². The van der Waals surface area contributed by atoms with Gasteiger partial charge in [-0.05, 0) is 17.7 Å². The van der Waals surface area contributed by atoms with Crippen LogP contribution in [0.5, 0.6) is 5.88 Å². The van der Waals surface area contributed by atoms with Crippen LogP contribution in [-0.2, 0) is 20.7 Å². The molecular weight excluding hydrogens is 452 g/mol. The van der Waals surface area contributed by atoms with Crippen molar-refractivity contribution in [1.29, 1.82) is 0 Å². The summed E-state index contributed by atoms with van der Waals surface area (Å²) in [4.78, 5) is 31.2. The second-order valence-corrected chi connectivity index (χ2v) is 8.12.